The van der Waals surface area contributed by atoms with Gasteiger partial charge in [0.1, 0.15) is 18.1 Å². The number of amides is 1. The minimum atomic E-state index is -0.0530. The van der Waals surface area contributed by atoms with Gasteiger partial charge in [0.05, 0.1) is 11.3 Å². The monoisotopic (exact) mass is 358 g/mol. The first-order valence-electron chi connectivity index (χ1n) is 9.47. The summed E-state index contributed by atoms with van der Waals surface area (Å²) in [5.41, 5.74) is 2.39. The molecule has 0 radical (unpaired) electrons. The van der Waals surface area contributed by atoms with Gasteiger partial charge in [-0.2, -0.15) is 0 Å². The standard InChI is InChI=1S/C21H30N2O3/c1-5-7-9-17(6-2)13-22-21(24)18-10-8-11-19(12-18)25-14-20-15(3)23-26-16(20)4/h8,10-12,17H,5-7,9,13-14H2,1-4H3,(H,22,24). The molecule has 5 heteroatoms. The average Bonchev–Trinajstić information content (AvgIpc) is 2.98. The van der Waals surface area contributed by atoms with Crippen LogP contribution in [0.3, 0.4) is 0 Å². The highest BCUT2D eigenvalue weighted by molar-refractivity contribution is 5.94. The van der Waals surface area contributed by atoms with Crippen LogP contribution in [-0.2, 0) is 6.61 Å². The van der Waals surface area contributed by atoms with Crippen molar-refractivity contribution in [2.24, 2.45) is 5.92 Å². The van der Waals surface area contributed by atoms with E-state index in [0.29, 0.717) is 23.8 Å². The minimum absolute atomic E-state index is 0.0530. The van der Waals surface area contributed by atoms with E-state index in [9.17, 15) is 4.79 Å². The van der Waals surface area contributed by atoms with Gasteiger partial charge in [0.15, 0.2) is 0 Å². The lowest BCUT2D eigenvalue weighted by Gasteiger charge is -2.15. The Morgan fingerprint density at radius 3 is 2.77 bits per heavy atom. The first-order valence-corrected chi connectivity index (χ1v) is 9.47. The smallest absolute Gasteiger partial charge is 0.251 e. The molecule has 0 aliphatic carbocycles. The molecule has 1 heterocycles. The van der Waals surface area contributed by atoms with E-state index in [-0.39, 0.29) is 5.91 Å². The van der Waals surface area contributed by atoms with Gasteiger partial charge in [0.25, 0.3) is 5.91 Å². The number of nitrogens with zero attached hydrogens (tertiary/aromatic N) is 1. The van der Waals surface area contributed by atoms with Gasteiger partial charge in [0, 0.05) is 12.1 Å². The normalized spacial score (nSPS) is 12.0. The number of carbonyl (C=O) groups excluding carboxylic acids is 1. The molecule has 1 unspecified atom stereocenters. The van der Waals surface area contributed by atoms with Crippen molar-refractivity contribution in [2.45, 2.75) is 60.0 Å². The SMILES string of the molecule is CCCCC(CC)CNC(=O)c1cccc(OCc2c(C)noc2C)c1. The Bertz CT molecular complexity index is 690. The summed E-state index contributed by atoms with van der Waals surface area (Å²) in [6, 6.07) is 7.28. The third-order valence-electron chi connectivity index (χ3n) is 4.76. The van der Waals surface area contributed by atoms with Crippen molar-refractivity contribution < 1.29 is 14.1 Å². The number of unbranched alkanes of at least 4 members (excludes halogenated alkanes) is 1. The molecular formula is C21H30N2O3. The van der Waals surface area contributed by atoms with Gasteiger partial charge < -0.3 is 14.6 Å². The van der Waals surface area contributed by atoms with Crippen molar-refractivity contribution in [3.8, 4) is 5.75 Å². The molecule has 142 valence electrons. The fourth-order valence-corrected chi connectivity index (χ4v) is 2.87. The summed E-state index contributed by atoms with van der Waals surface area (Å²) in [6.45, 7) is 9.22. The third-order valence-corrected chi connectivity index (χ3v) is 4.76. The molecule has 0 saturated heterocycles. The molecule has 26 heavy (non-hydrogen) atoms. The Balaban J connectivity index is 1.92. The van der Waals surface area contributed by atoms with E-state index in [0.717, 1.165) is 36.4 Å². The van der Waals surface area contributed by atoms with Crippen LogP contribution in [0.15, 0.2) is 28.8 Å². The number of aryl methyl sites for hydroxylation is 2. The molecule has 2 aromatic rings. The van der Waals surface area contributed by atoms with Crippen LogP contribution in [0.4, 0.5) is 0 Å². The van der Waals surface area contributed by atoms with E-state index in [2.05, 4.69) is 24.3 Å². The van der Waals surface area contributed by atoms with E-state index < -0.39 is 0 Å². The summed E-state index contributed by atoms with van der Waals surface area (Å²) in [7, 11) is 0. The molecule has 0 aliphatic heterocycles. The van der Waals surface area contributed by atoms with Crippen molar-refractivity contribution in [3.05, 3.63) is 46.8 Å². The van der Waals surface area contributed by atoms with Crippen LogP contribution >= 0.6 is 0 Å². The Hall–Kier alpha value is -2.30. The van der Waals surface area contributed by atoms with E-state index in [1.54, 1.807) is 6.07 Å². The van der Waals surface area contributed by atoms with Crippen molar-refractivity contribution >= 4 is 5.91 Å². The van der Waals surface area contributed by atoms with Gasteiger partial charge >= 0.3 is 0 Å². The quantitative estimate of drug-likeness (QED) is 0.661. The number of carbonyl (C=O) groups is 1. The number of rotatable bonds is 10. The van der Waals surface area contributed by atoms with E-state index >= 15 is 0 Å². The highest BCUT2D eigenvalue weighted by atomic mass is 16.5. The lowest BCUT2D eigenvalue weighted by atomic mass is 9.99. The molecule has 0 bridgehead atoms. The van der Waals surface area contributed by atoms with E-state index in [1.165, 1.54) is 12.8 Å². The van der Waals surface area contributed by atoms with Crippen LogP contribution in [0, 0.1) is 19.8 Å². The number of aromatic nitrogens is 1. The molecule has 0 fully saturated rings. The van der Waals surface area contributed by atoms with Crippen LogP contribution in [0.2, 0.25) is 0 Å². The van der Waals surface area contributed by atoms with Crippen LogP contribution in [0.25, 0.3) is 0 Å². The number of benzene rings is 1. The fraction of sp³-hybridized carbons (Fsp3) is 0.524. The van der Waals surface area contributed by atoms with Crippen molar-refractivity contribution in [1.82, 2.24) is 10.5 Å². The summed E-state index contributed by atoms with van der Waals surface area (Å²) >= 11 is 0. The van der Waals surface area contributed by atoms with Gasteiger partial charge in [-0.1, -0.05) is 44.3 Å². The maximum absolute atomic E-state index is 12.4. The molecule has 5 nitrogen and oxygen atoms in total. The van der Waals surface area contributed by atoms with Crippen LogP contribution in [0.5, 0.6) is 5.75 Å². The topological polar surface area (TPSA) is 64.4 Å². The Morgan fingerprint density at radius 2 is 2.12 bits per heavy atom. The summed E-state index contributed by atoms with van der Waals surface area (Å²) in [4.78, 5) is 12.4. The van der Waals surface area contributed by atoms with Crippen LogP contribution < -0.4 is 10.1 Å². The zero-order valence-corrected chi connectivity index (χ0v) is 16.3. The minimum Gasteiger partial charge on any atom is -0.489 e. The molecule has 0 aliphatic rings. The molecule has 2 rings (SSSR count). The second kappa shape index (κ2) is 10.00. The maximum Gasteiger partial charge on any atom is 0.251 e. The maximum atomic E-state index is 12.4. The van der Waals surface area contributed by atoms with Gasteiger partial charge in [-0.3, -0.25) is 4.79 Å². The zero-order chi connectivity index (χ0) is 18.9. The van der Waals surface area contributed by atoms with Crippen LogP contribution in [-0.4, -0.2) is 17.6 Å². The second-order valence-corrected chi connectivity index (χ2v) is 6.75. The Kier molecular flexibility index (Phi) is 7.70. The number of hydrogen-bond acceptors (Lipinski definition) is 4. The third kappa shape index (κ3) is 5.61. The van der Waals surface area contributed by atoms with Crippen molar-refractivity contribution in [3.63, 3.8) is 0 Å². The summed E-state index contributed by atoms with van der Waals surface area (Å²) in [5.74, 6) is 1.91. The Labute approximate surface area is 156 Å². The summed E-state index contributed by atoms with van der Waals surface area (Å²) in [5, 5.41) is 6.98. The highest BCUT2D eigenvalue weighted by Gasteiger charge is 2.12. The van der Waals surface area contributed by atoms with Gasteiger partial charge in [-0.25, -0.2) is 0 Å². The average molecular weight is 358 g/mol. The molecule has 1 aromatic heterocycles. The number of ether oxygens (including phenoxy) is 1. The lowest BCUT2D eigenvalue weighted by Crippen LogP contribution is -2.29. The highest BCUT2D eigenvalue weighted by Crippen LogP contribution is 2.19. The first-order chi connectivity index (χ1) is 12.5. The molecule has 1 atom stereocenters. The number of nitrogens with one attached hydrogen (secondary N) is 1. The number of hydrogen-bond donors (Lipinski definition) is 1. The predicted octanol–water partition coefficient (Wildman–Crippen LogP) is 4.82. The summed E-state index contributed by atoms with van der Waals surface area (Å²) < 4.78 is 11.0. The largest absolute Gasteiger partial charge is 0.489 e. The van der Waals surface area contributed by atoms with Crippen molar-refractivity contribution in [1.29, 1.82) is 0 Å². The molecule has 1 N–H and O–H groups in total. The first kappa shape index (κ1) is 20.0. The van der Waals surface area contributed by atoms with E-state index in [4.69, 9.17) is 9.26 Å². The van der Waals surface area contributed by atoms with Crippen LogP contribution in [0.1, 0.15) is 66.9 Å². The summed E-state index contributed by atoms with van der Waals surface area (Å²) in [6.07, 6.45) is 4.64. The zero-order valence-electron chi connectivity index (χ0n) is 16.3. The van der Waals surface area contributed by atoms with Gasteiger partial charge in [-0.05, 0) is 44.4 Å². The predicted molar refractivity (Wildman–Crippen MR) is 102 cm³/mol. The van der Waals surface area contributed by atoms with E-state index in [1.807, 2.05) is 32.0 Å². The van der Waals surface area contributed by atoms with Gasteiger partial charge in [-0.15, -0.1) is 0 Å². The molecule has 0 saturated carbocycles. The lowest BCUT2D eigenvalue weighted by molar-refractivity contribution is 0.0945. The molecule has 1 amide bonds. The van der Waals surface area contributed by atoms with Crippen molar-refractivity contribution in [2.75, 3.05) is 6.54 Å². The Morgan fingerprint density at radius 1 is 1.31 bits per heavy atom. The second-order valence-electron chi connectivity index (χ2n) is 6.75. The molecule has 0 spiro atoms. The molecular weight excluding hydrogens is 328 g/mol. The molecule has 1 aromatic carbocycles. The van der Waals surface area contributed by atoms with Gasteiger partial charge in [0.2, 0.25) is 0 Å². The fourth-order valence-electron chi connectivity index (χ4n) is 2.87.